The van der Waals surface area contributed by atoms with E-state index < -0.39 is 7.14 Å². The summed E-state index contributed by atoms with van der Waals surface area (Å²) in [5, 5.41) is 13.9. The molecule has 6 heteroatoms. The van der Waals surface area contributed by atoms with Gasteiger partial charge in [0.25, 0.3) is 0 Å². The fourth-order valence-electron chi connectivity index (χ4n) is 6.46. The Hall–Kier alpha value is -2.84. The zero-order valence-corrected chi connectivity index (χ0v) is 31.9. The molecular weight excluding hydrogens is 766 g/mol. The molecule has 1 atom stereocenters. The number of hydrogen-bond acceptors (Lipinski definition) is 4. The number of rotatable bonds is 9. The number of allylic oxidation sites excluding steroid dienone is 2. The van der Waals surface area contributed by atoms with Gasteiger partial charge in [0.2, 0.25) is 0 Å². The van der Waals surface area contributed by atoms with Gasteiger partial charge in [-0.1, -0.05) is 109 Å². The van der Waals surface area contributed by atoms with E-state index in [0.29, 0.717) is 6.16 Å². The van der Waals surface area contributed by atoms with Crippen LogP contribution < -0.4 is 10.6 Å². The summed E-state index contributed by atoms with van der Waals surface area (Å²) in [5.41, 5.74) is 5.10. The molecule has 1 radical (unpaired) electrons. The molecule has 2 heterocycles. The standard InChI is InChI=1S/C27H25NOP.C13H24O2.Ir/c1-5-30(29)24-13-9-8-12-21(24)22-14-15-28-25(26(22)30)19-16-18-10-6-7-11-20(18)23(17-19)27(2,3)4;1-5-10(6-2)12(14)9-13(15)11(7-3)8-4;/h6-15,17H,5H2,1-4H3;9-11,14H,5-8H2,1-4H3;/q-1;;/b;12-9-;. The normalized spacial score (nSPS) is 15.7. The van der Waals surface area contributed by atoms with Crippen molar-refractivity contribution in [3.05, 3.63) is 90.3 Å². The van der Waals surface area contributed by atoms with Gasteiger partial charge < -0.3 is 9.67 Å². The molecule has 1 aliphatic rings. The molecule has 4 aromatic rings. The van der Waals surface area contributed by atoms with Gasteiger partial charge in [0.05, 0.1) is 5.76 Å². The smallest absolute Gasteiger partial charge is 0.162 e. The predicted molar refractivity (Wildman–Crippen MR) is 191 cm³/mol. The van der Waals surface area contributed by atoms with Gasteiger partial charge >= 0.3 is 0 Å². The SMILES string of the molecule is CCC(CC)C(=O)/C=C(\O)C(CC)CC.CCP1(=O)c2ccccc2-c2ccnc(-c3[c-]c4ccccc4c(C(C)(C)C)c3)c21.[Ir]. The van der Waals surface area contributed by atoms with E-state index in [4.69, 9.17) is 4.98 Å². The zero-order valence-electron chi connectivity index (χ0n) is 28.6. The molecule has 0 amide bonds. The van der Waals surface area contributed by atoms with E-state index in [1.54, 1.807) is 0 Å². The first-order valence-corrected chi connectivity index (χ1v) is 18.4. The van der Waals surface area contributed by atoms with Gasteiger partial charge in [0.15, 0.2) is 5.78 Å². The Kier molecular flexibility index (Phi) is 12.9. The number of pyridine rings is 1. The van der Waals surface area contributed by atoms with E-state index in [1.165, 1.54) is 17.0 Å². The minimum absolute atomic E-state index is 0. The molecule has 1 aliphatic heterocycles. The number of carbonyl (C=O) groups is 1. The first-order chi connectivity index (χ1) is 21.4. The second kappa shape index (κ2) is 15.8. The molecule has 4 nitrogen and oxygen atoms in total. The molecular formula is C40H49IrNO3P-. The Bertz CT molecular complexity index is 1750. The first kappa shape index (κ1) is 37.6. The van der Waals surface area contributed by atoms with Gasteiger partial charge in [-0.3, -0.25) is 9.78 Å². The van der Waals surface area contributed by atoms with Gasteiger partial charge in [-0.25, -0.2) is 0 Å². The number of fused-ring (bicyclic) bond motifs is 4. The summed E-state index contributed by atoms with van der Waals surface area (Å²) in [5.74, 6) is 0.547. The number of ketones is 1. The van der Waals surface area contributed by atoms with Gasteiger partial charge in [0.1, 0.15) is 7.14 Å². The van der Waals surface area contributed by atoms with Crippen LogP contribution in [0.3, 0.4) is 0 Å². The Morgan fingerprint density at radius 1 is 0.891 bits per heavy atom. The fraction of sp³-hybridized carbons (Fsp3) is 0.400. The average Bonchev–Trinajstić information content (AvgIpc) is 3.30. The molecule has 0 saturated heterocycles. The van der Waals surface area contributed by atoms with Crippen molar-refractivity contribution >= 4 is 34.3 Å². The van der Waals surface area contributed by atoms with Crippen LogP contribution in [0.25, 0.3) is 33.2 Å². The predicted octanol–water partition coefficient (Wildman–Crippen LogP) is 10.2. The van der Waals surface area contributed by atoms with Crippen molar-refractivity contribution in [2.45, 2.75) is 86.5 Å². The minimum Gasteiger partial charge on any atom is -0.512 e. The first-order valence-electron chi connectivity index (χ1n) is 16.5. The summed E-state index contributed by atoms with van der Waals surface area (Å²) in [6.45, 7) is 16.8. The number of carbonyl (C=O) groups excluding carboxylic acids is 1. The summed E-state index contributed by atoms with van der Waals surface area (Å²) < 4.78 is 14.3. The van der Waals surface area contributed by atoms with Crippen LogP contribution in [0.5, 0.6) is 0 Å². The molecule has 3 aromatic carbocycles. The quantitative estimate of drug-likeness (QED) is 0.0791. The van der Waals surface area contributed by atoms with Crippen molar-refractivity contribution in [1.82, 2.24) is 4.98 Å². The van der Waals surface area contributed by atoms with E-state index in [-0.39, 0.29) is 48.9 Å². The Labute approximate surface area is 289 Å². The third kappa shape index (κ3) is 7.49. The summed E-state index contributed by atoms with van der Waals surface area (Å²) in [4.78, 5) is 16.5. The average molecular weight is 815 g/mol. The summed E-state index contributed by atoms with van der Waals surface area (Å²) >= 11 is 0. The van der Waals surface area contributed by atoms with E-state index in [1.807, 2.05) is 71.1 Å². The van der Waals surface area contributed by atoms with Gasteiger partial charge in [-0.15, -0.1) is 29.1 Å². The molecule has 0 saturated carbocycles. The number of aromatic nitrogens is 1. The molecule has 5 rings (SSSR count). The molecule has 0 aliphatic carbocycles. The topological polar surface area (TPSA) is 67.3 Å². The van der Waals surface area contributed by atoms with Crippen LogP contribution in [0.1, 0.15) is 86.6 Å². The van der Waals surface area contributed by atoms with Crippen LogP contribution in [0.15, 0.2) is 78.7 Å². The molecule has 1 unspecified atom stereocenters. The fourth-order valence-corrected chi connectivity index (χ4v) is 9.37. The monoisotopic (exact) mass is 815 g/mol. The summed E-state index contributed by atoms with van der Waals surface area (Å²) in [6.07, 6.45) is 7.34. The maximum atomic E-state index is 14.3. The molecule has 247 valence electrons. The van der Waals surface area contributed by atoms with Crippen molar-refractivity contribution < 1.29 is 34.6 Å². The number of benzene rings is 3. The van der Waals surface area contributed by atoms with E-state index in [9.17, 15) is 14.5 Å². The third-order valence-corrected chi connectivity index (χ3v) is 12.5. The van der Waals surface area contributed by atoms with Crippen LogP contribution in [0, 0.1) is 17.9 Å². The molecule has 46 heavy (non-hydrogen) atoms. The molecule has 0 fully saturated rings. The Morgan fingerprint density at radius 2 is 1.50 bits per heavy atom. The van der Waals surface area contributed by atoms with Crippen LogP contribution in [-0.2, 0) is 34.9 Å². The Morgan fingerprint density at radius 3 is 2.11 bits per heavy atom. The largest absolute Gasteiger partial charge is 0.512 e. The molecule has 1 aromatic heterocycles. The molecule has 0 bridgehead atoms. The maximum Gasteiger partial charge on any atom is 0.162 e. The van der Waals surface area contributed by atoms with E-state index in [2.05, 4.69) is 57.2 Å². The van der Waals surface area contributed by atoms with Crippen LogP contribution in [-0.4, -0.2) is 22.0 Å². The van der Waals surface area contributed by atoms with Crippen LogP contribution in [0.2, 0.25) is 0 Å². The second-order valence-corrected chi connectivity index (χ2v) is 16.1. The second-order valence-electron chi connectivity index (χ2n) is 13.0. The van der Waals surface area contributed by atoms with Gasteiger partial charge in [-0.2, -0.15) is 0 Å². The van der Waals surface area contributed by atoms with Crippen molar-refractivity contribution in [3.63, 3.8) is 0 Å². The number of hydrogen-bond donors (Lipinski definition) is 1. The van der Waals surface area contributed by atoms with E-state index in [0.717, 1.165) is 64.1 Å². The van der Waals surface area contributed by atoms with Gasteiger partial charge in [-0.05, 0) is 48.3 Å². The van der Waals surface area contributed by atoms with Crippen molar-refractivity contribution in [2.75, 3.05) is 6.16 Å². The maximum absolute atomic E-state index is 14.3. The van der Waals surface area contributed by atoms with E-state index >= 15 is 0 Å². The number of aliphatic hydroxyl groups excluding tert-OH is 1. The van der Waals surface area contributed by atoms with Crippen LogP contribution in [0.4, 0.5) is 0 Å². The molecule has 1 N–H and O–H groups in total. The minimum atomic E-state index is -2.73. The van der Waals surface area contributed by atoms with Crippen molar-refractivity contribution in [2.24, 2.45) is 11.8 Å². The third-order valence-electron chi connectivity index (χ3n) is 9.23. The van der Waals surface area contributed by atoms with Crippen molar-refractivity contribution in [1.29, 1.82) is 0 Å². The molecule has 0 spiro atoms. The van der Waals surface area contributed by atoms with Gasteiger partial charge in [0, 0.05) is 66.7 Å². The number of aliphatic hydroxyl groups is 1. The summed E-state index contributed by atoms with van der Waals surface area (Å²) in [7, 11) is -2.73. The zero-order chi connectivity index (χ0) is 32.9. The van der Waals surface area contributed by atoms with Crippen LogP contribution >= 0.6 is 7.14 Å². The van der Waals surface area contributed by atoms with Crippen molar-refractivity contribution in [3.8, 4) is 22.4 Å². The Balaban J connectivity index is 0.000000309. The summed E-state index contributed by atoms with van der Waals surface area (Å²) in [6, 6.07) is 24.3. The number of nitrogens with zero attached hydrogens (tertiary/aromatic N) is 1.